The van der Waals surface area contributed by atoms with Crippen molar-refractivity contribution >= 4 is 0 Å². The molecular formula is C14H27N3. The van der Waals surface area contributed by atoms with Gasteiger partial charge in [-0.2, -0.15) is 5.10 Å². The zero-order valence-corrected chi connectivity index (χ0v) is 11.9. The third-order valence-electron chi connectivity index (χ3n) is 3.75. The smallest absolute Gasteiger partial charge is 0.0624 e. The highest BCUT2D eigenvalue weighted by molar-refractivity contribution is 5.12. The zero-order valence-electron chi connectivity index (χ0n) is 11.9. The fraction of sp³-hybridized carbons (Fsp3) is 0.786. The topological polar surface area (TPSA) is 43.8 Å². The second kappa shape index (κ2) is 6.20. The summed E-state index contributed by atoms with van der Waals surface area (Å²) in [5, 5.41) is 4.57. The standard InChI is InChI=1S/C14H27N3/c1-6-12-8-13(17(7-2)16-12)9-14(15)11(5)10(3)4/h8,10-11,14H,6-7,9,15H2,1-5H3. The minimum atomic E-state index is 0.224. The highest BCUT2D eigenvalue weighted by Crippen LogP contribution is 2.17. The quantitative estimate of drug-likeness (QED) is 0.826. The van der Waals surface area contributed by atoms with Gasteiger partial charge in [0, 0.05) is 24.7 Å². The van der Waals surface area contributed by atoms with Crippen LogP contribution in [0.4, 0.5) is 0 Å². The molecule has 0 radical (unpaired) electrons. The molecule has 2 unspecified atom stereocenters. The molecule has 0 fully saturated rings. The Labute approximate surface area is 105 Å². The van der Waals surface area contributed by atoms with Crippen molar-refractivity contribution in [2.75, 3.05) is 0 Å². The second-order valence-electron chi connectivity index (χ2n) is 5.27. The van der Waals surface area contributed by atoms with Crippen molar-refractivity contribution in [3.05, 3.63) is 17.5 Å². The number of aryl methyl sites for hydroxylation is 2. The van der Waals surface area contributed by atoms with E-state index >= 15 is 0 Å². The van der Waals surface area contributed by atoms with Crippen molar-refractivity contribution in [1.29, 1.82) is 0 Å². The van der Waals surface area contributed by atoms with E-state index in [9.17, 15) is 0 Å². The van der Waals surface area contributed by atoms with E-state index in [1.807, 2.05) is 0 Å². The predicted molar refractivity (Wildman–Crippen MR) is 73.0 cm³/mol. The lowest BCUT2D eigenvalue weighted by atomic mass is 9.88. The van der Waals surface area contributed by atoms with Crippen molar-refractivity contribution < 1.29 is 0 Å². The molecule has 3 heteroatoms. The van der Waals surface area contributed by atoms with E-state index in [1.54, 1.807) is 0 Å². The molecule has 0 saturated heterocycles. The Morgan fingerprint density at radius 1 is 1.29 bits per heavy atom. The van der Waals surface area contributed by atoms with E-state index in [2.05, 4.69) is 50.5 Å². The maximum atomic E-state index is 6.28. The van der Waals surface area contributed by atoms with E-state index in [4.69, 9.17) is 5.73 Å². The Balaban J connectivity index is 2.76. The minimum Gasteiger partial charge on any atom is -0.327 e. The predicted octanol–water partition coefficient (Wildman–Crippen LogP) is 2.63. The van der Waals surface area contributed by atoms with Gasteiger partial charge in [-0.15, -0.1) is 0 Å². The molecule has 2 atom stereocenters. The summed E-state index contributed by atoms with van der Waals surface area (Å²) in [5.41, 5.74) is 8.74. The molecule has 0 aromatic carbocycles. The molecule has 0 aliphatic carbocycles. The number of hydrogen-bond acceptors (Lipinski definition) is 2. The van der Waals surface area contributed by atoms with Gasteiger partial charge in [0.05, 0.1) is 5.69 Å². The largest absolute Gasteiger partial charge is 0.327 e. The average Bonchev–Trinajstić information content (AvgIpc) is 2.70. The summed E-state index contributed by atoms with van der Waals surface area (Å²) in [6.45, 7) is 11.9. The monoisotopic (exact) mass is 237 g/mol. The van der Waals surface area contributed by atoms with Gasteiger partial charge in [-0.1, -0.05) is 27.7 Å². The fourth-order valence-corrected chi connectivity index (χ4v) is 2.05. The number of rotatable bonds is 6. The highest BCUT2D eigenvalue weighted by Gasteiger charge is 2.18. The van der Waals surface area contributed by atoms with Gasteiger partial charge in [0.25, 0.3) is 0 Å². The van der Waals surface area contributed by atoms with Crippen LogP contribution in [-0.2, 0) is 19.4 Å². The second-order valence-corrected chi connectivity index (χ2v) is 5.27. The summed E-state index contributed by atoms with van der Waals surface area (Å²) >= 11 is 0. The minimum absolute atomic E-state index is 0.224. The zero-order chi connectivity index (χ0) is 13.0. The maximum absolute atomic E-state index is 6.28. The van der Waals surface area contributed by atoms with Crippen molar-refractivity contribution in [1.82, 2.24) is 9.78 Å². The molecule has 1 heterocycles. The summed E-state index contributed by atoms with van der Waals surface area (Å²) in [6, 6.07) is 2.43. The van der Waals surface area contributed by atoms with Crippen LogP contribution in [0.5, 0.6) is 0 Å². The van der Waals surface area contributed by atoms with Gasteiger partial charge >= 0.3 is 0 Å². The number of hydrogen-bond donors (Lipinski definition) is 1. The van der Waals surface area contributed by atoms with Gasteiger partial charge in [-0.3, -0.25) is 4.68 Å². The number of aromatic nitrogens is 2. The summed E-state index contributed by atoms with van der Waals surface area (Å²) in [7, 11) is 0. The van der Waals surface area contributed by atoms with Crippen LogP contribution in [0.2, 0.25) is 0 Å². The summed E-state index contributed by atoms with van der Waals surface area (Å²) in [6.07, 6.45) is 1.93. The Kier molecular flexibility index (Phi) is 5.19. The maximum Gasteiger partial charge on any atom is 0.0624 e. The molecule has 0 saturated carbocycles. The molecule has 0 aliphatic heterocycles. The third kappa shape index (κ3) is 3.56. The molecular weight excluding hydrogens is 210 g/mol. The van der Waals surface area contributed by atoms with Crippen LogP contribution >= 0.6 is 0 Å². The first-order chi connectivity index (χ1) is 7.99. The summed E-state index contributed by atoms with van der Waals surface area (Å²) in [5.74, 6) is 1.17. The Morgan fingerprint density at radius 2 is 1.94 bits per heavy atom. The van der Waals surface area contributed by atoms with Crippen LogP contribution in [0.1, 0.15) is 46.0 Å². The van der Waals surface area contributed by atoms with E-state index < -0.39 is 0 Å². The van der Waals surface area contributed by atoms with Crippen LogP contribution in [0.3, 0.4) is 0 Å². The molecule has 1 aromatic heterocycles. The summed E-state index contributed by atoms with van der Waals surface area (Å²) in [4.78, 5) is 0. The first-order valence-electron chi connectivity index (χ1n) is 6.80. The van der Waals surface area contributed by atoms with Gasteiger partial charge in [0.2, 0.25) is 0 Å². The molecule has 0 amide bonds. The molecule has 2 N–H and O–H groups in total. The van der Waals surface area contributed by atoms with Crippen molar-refractivity contribution in [2.45, 2.75) is 60.0 Å². The Morgan fingerprint density at radius 3 is 2.41 bits per heavy atom. The lowest BCUT2D eigenvalue weighted by Gasteiger charge is -2.23. The van der Waals surface area contributed by atoms with Crippen LogP contribution in [0, 0.1) is 11.8 Å². The lowest BCUT2D eigenvalue weighted by molar-refractivity contribution is 0.339. The van der Waals surface area contributed by atoms with Crippen LogP contribution < -0.4 is 5.73 Å². The first kappa shape index (κ1) is 14.2. The Bertz CT molecular complexity index is 341. The molecule has 0 aliphatic rings. The van der Waals surface area contributed by atoms with Crippen LogP contribution in [-0.4, -0.2) is 15.8 Å². The number of nitrogens with two attached hydrogens (primary N) is 1. The van der Waals surface area contributed by atoms with E-state index in [0.717, 1.165) is 19.4 Å². The molecule has 17 heavy (non-hydrogen) atoms. The molecule has 98 valence electrons. The van der Waals surface area contributed by atoms with Gasteiger partial charge in [-0.25, -0.2) is 0 Å². The lowest BCUT2D eigenvalue weighted by Crippen LogP contribution is -2.34. The first-order valence-corrected chi connectivity index (χ1v) is 6.80. The number of nitrogens with zero attached hydrogens (tertiary/aromatic N) is 2. The Hall–Kier alpha value is -0.830. The van der Waals surface area contributed by atoms with Crippen LogP contribution in [0.25, 0.3) is 0 Å². The molecule has 1 rings (SSSR count). The molecule has 3 nitrogen and oxygen atoms in total. The SMILES string of the molecule is CCc1cc(CC(N)C(C)C(C)C)n(CC)n1. The fourth-order valence-electron chi connectivity index (χ4n) is 2.05. The van der Waals surface area contributed by atoms with Crippen LogP contribution in [0.15, 0.2) is 6.07 Å². The van der Waals surface area contributed by atoms with Gasteiger partial charge in [0.1, 0.15) is 0 Å². The van der Waals surface area contributed by atoms with Crippen molar-refractivity contribution in [3.63, 3.8) is 0 Å². The molecule has 0 spiro atoms. The van der Waals surface area contributed by atoms with Crippen molar-refractivity contribution in [3.8, 4) is 0 Å². The van der Waals surface area contributed by atoms with E-state index in [1.165, 1.54) is 11.4 Å². The third-order valence-corrected chi connectivity index (χ3v) is 3.75. The molecule has 0 bridgehead atoms. The summed E-state index contributed by atoms with van der Waals surface area (Å²) < 4.78 is 2.09. The van der Waals surface area contributed by atoms with E-state index in [0.29, 0.717) is 11.8 Å². The normalized spacial score (nSPS) is 15.2. The average molecular weight is 237 g/mol. The molecule has 1 aromatic rings. The van der Waals surface area contributed by atoms with E-state index in [-0.39, 0.29) is 6.04 Å². The van der Waals surface area contributed by atoms with Gasteiger partial charge < -0.3 is 5.73 Å². The van der Waals surface area contributed by atoms with Gasteiger partial charge in [0.15, 0.2) is 0 Å². The van der Waals surface area contributed by atoms with Gasteiger partial charge in [-0.05, 0) is 31.2 Å². The van der Waals surface area contributed by atoms with Crippen molar-refractivity contribution in [2.24, 2.45) is 17.6 Å². The highest BCUT2D eigenvalue weighted by atomic mass is 15.3.